The molecule has 0 aliphatic heterocycles. The van der Waals surface area contributed by atoms with Crippen LogP contribution in [0.4, 0.5) is 5.69 Å². The zero-order chi connectivity index (χ0) is 12.3. The molecule has 0 amide bonds. The third-order valence-electron chi connectivity index (χ3n) is 2.45. The third-order valence-corrected chi connectivity index (χ3v) is 3.15. The quantitative estimate of drug-likeness (QED) is 0.907. The first-order valence-corrected chi connectivity index (χ1v) is 6.43. The van der Waals surface area contributed by atoms with Crippen molar-refractivity contribution in [2.75, 3.05) is 5.32 Å². The van der Waals surface area contributed by atoms with Crippen LogP contribution >= 0.6 is 27.5 Å². The van der Waals surface area contributed by atoms with Gasteiger partial charge in [0, 0.05) is 21.4 Å². The molecule has 88 valence electrons. The zero-order valence-electron chi connectivity index (χ0n) is 9.37. The van der Waals surface area contributed by atoms with Crippen LogP contribution in [-0.2, 0) is 6.54 Å². The Labute approximate surface area is 114 Å². The lowest BCUT2D eigenvalue weighted by Gasteiger charge is -2.09. The summed E-state index contributed by atoms with van der Waals surface area (Å²) in [5.74, 6) is 0. The number of rotatable bonds is 3. The maximum Gasteiger partial charge on any atom is 0.0595 e. The van der Waals surface area contributed by atoms with E-state index in [1.54, 1.807) is 6.20 Å². The Morgan fingerprint density at radius 2 is 2.12 bits per heavy atom. The Hall–Kier alpha value is -1.06. The van der Waals surface area contributed by atoms with Crippen molar-refractivity contribution in [3.05, 3.63) is 57.3 Å². The molecule has 0 radical (unpaired) electrons. The van der Waals surface area contributed by atoms with E-state index in [4.69, 9.17) is 11.6 Å². The Balaban J connectivity index is 2.07. The normalized spacial score (nSPS) is 10.3. The number of benzene rings is 1. The monoisotopic (exact) mass is 310 g/mol. The second-order valence-corrected chi connectivity index (χ2v) is 5.13. The van der Waals surface area contributed by atoms with Gasteiger partial charge in [-0.1, -0.05) is 17.7 Å². The summed E-state index contributed by atoms with van der Waals surface area (Å²) in [7, 11) is 0. The van der Waals surface area contributed by atoms with Crippen molar-refractivity contribution in [2.24, 2.45) is 0 Å². The molecule has 2 rings (SSSR count). The number of halogens is 2. The van der Waals surface area contributed by atoms with Crippen molar-refractivity contribution in [3.8, 4) is 0 Å². The van der Waals surface area contributed by atoms with Gasteiger partial charge in [-0.15, -0.1) is 0 Å². The summed E-state index contributed by atoms with van der Waals surface area (Å²) in [5, 5.41) is 4.07. The van der Waals surface area contributed by atoms with Gasteiger partial charge in [-0.2, -0.15) is 0 Å². The van der Waals surface area contributed by atoms with Gasteiger partial charge in [-0.05, 0) is 52.7 Å². The highest BCUT2D eigenvalue weighted by molar-refractivity contribution is 9.10. The highest BCUT2D eigenvalue weighted by Crippen LogP contribution is 2.20. The molecule has 0 aliphatic rings. The van der Waals surface area contributed by atoms with Crippen LogP contribution in [0.15, 0.2) is 41.0 Å². The smallest absolute Gasteiger partial charge is 0.0595 e. The summed E-state index contributed by atoms with van der Waals surface area (Å²) in [6.45, 7) is 2.74. The van der Waals surface area contributed by atoms with Crippen LogP contribution in [0.3, 0.4) is 0 Å². The molecule has 0 unspecified atom stereocenters. The summed E-state index contributed by atoms with van der Waals surface area (Å²) in [5.41, 5.74) is 3.21. The second kappa shape index (κ2) is 5.52. The average Bonchev–Trinajstić information content (AvgIpc) is 2.32. The fourth-order valence-electron chi connectivity index (χ4n) is 1.48. The minimum absolute atomic E-state index is 0.689. The number of aryl methyl sites for hydroxylation is 1. The number of aromatic nitrogens is 1. The maximum atomic E-state index is 5.96. The predicted octanol–water partition coefficient (Wildman–Crippen LogP) is 4.42. The molecule has 0 saturated carbocycles. The van der Waals surface area contributed by atoms with E-state index in [2.05, 4.69) is 26.2 Å². The zero-order valence-corrected chi connectivity index (χ0v) is 11.7. The van der Waals surface area contributed by atoms with Crippen molar-refractivity contribution >= 4 is 33.2 Å². The van der Waals surface area contributed by atoms with E-state index in [0.29, 0.717) is 6.54 Å². The van der Waals surface area contributed by atoms with Gasteiger partial charge < -0.3 is 5.32 Å². The van der Waals surface area contributed by atoms with Crippen LogP contribution in [0.25, 0.3) is 0 Å². The number of hydrogen-bond acceptors (Lipinski definition) is 2. The lowest BCUT2D eigenvalue weighted by molar-refractivity contribution is 1.04. The lowest BCUT2D eigenvalue weighted by atomic mass is 10.2. The third kappa shape index (κ3) is 3.45. The molecule has 1 N–H and O–H groups in total. The van der Waals surface area contributed by atoms with Crippen LogP contribution in [0.5, 0.6) is 0 Å². The largest absolute Gasteiger partial charge is 0.379 e. The first-order chi connectivity index (χ1) is 8.15. The van der Waals surface area contributed by atoms with E-state index in [9.17, 15) is 0 Å². The van der Waals surface area contributed by atoms with E-state index in [-0.39, 0.29) is 0 Å². The van der Waals surface area contributed by atoms with Gasteiger partial charge in [0.05, 0.1) is 12.2 Å². The van der Waals surface area contributed by atoms with Crippen molar-refractivity contribution in [3.63, 3.8) is 0 Å². The minimum atomic E-state index is 0.689. The summed E-state index contributed by atoms with van der Waals surface area (Å²) in [6.07, 6.45) is 1.79. The van der Waals surface area contributed by atoms with Crippen LogP contribution < -0.4 is 5.32 Å². The van der Waals surface area contributed by atoms with Crippen LogP contribution in [0, 0.1) is 6.92 Å². The molecule has 17 heavy (non-hydrogen) atoms. The molecule has 0 atom stereocenters. The van der Waals surface area contributed by atoms with Crippen molar-refractivity contribution in [1.29, 1.82) is 0 Å². The van der Waals surface area contributed by atoms with E-state index in [1.807, 2.05) is 37.3 Å². The van der Waals surface area contributed by atoms with Gasteiger partial charge in [-0.25, -0.2) is 0 Å². The molecule has 2 nitrogen and oxygen atoms in total. The van der Waals surface area contributed by atoms with Crippen LogP contribution in [-0.4, -0.2) is 4.98 Å². The Bertz CT molecular complexity index is 511. The van der Waals surface area contributed by atoms with Gasteiger partial charge in [0.25, 0.3) is 0 Å². The molecule has 4 heteroatoms. The van der Waals surface area contributed by atoms with Gasteiger partial charge in [-0.3, -0.25) is 4.98 Å². The lowest BCUT2D eigenvalue weighted by Crippen LogP contribution is -2.02. The molecule has 1 aromatic carbocycles. The molecular weight excluding hydrogens is 300 g/mol. The fourth-order valence-corrected chi connectivity index (χ4v) is 1.89. The van der Waals surface area contributed by atoms with E-state index in [1.165, 1.54) is 5.56 Å². The summed E-state index contributed by atoms with van der Waals surface area (Å²) in [6, 6.07) is 9.78. The Kier molecular flexibility index (Phi) is 4.02. The number of pyridine rings is 1. The Morgan fingerprint density at radius 3 is 2.82 bits per heavy atom. The Morgan fingerprint density at radius 1 is 1.29 bits per heavy atom. The molecule has 2 aromatic rings. The molecule has 0 saturated heterocycles. The van der Waals surface area contributed by atoms with Crippen LogP contribution in [0.2, 0.25) is 5.02 Å². The molecule has 0 aliphatic carbocycles. The number of nitrogens with one attached hydrogen (secondary N) is 1. The summed E-state index contributed by atoms with van der Waals surface area (Å²) in [4.78, 5) is 4.30. The minimum Gasteiger partial charge on any atom is -0.379 e. The second-order valence-electron chi connectivity index (χ2n) is 3.78. The number of nitrogens with zero attached hydrogens (tertiary/aromatic N) is 1. The average molecular weight is 312 g/mol. The fraction of sp³-hybridized carbons (Fsp3) is 0.154. The van der Waals surface area contributed by atoms with Gasteiger partial charge >= 0.3 is 0 Å². The molecule has 0 fully saturated rings. The van der Waals surface area contributed by atoms with Crippen molar-refractivity contribution in [2.45, 2.75) is 13.5 Å². The van der Waals surface area contributed by atoms with Gasteiger partial charge in [0.15, 0.2) is 0 Å². The number of hydrogen-bond donors (Lipinski definition) is 1. The van der Waals surface area contributed by atoms with E-state index < -0.39 is 0 Å². The first kappa shape index (κ1) is 12.4. The summed E-state index contributed by atoms with van der Waals surface area (Å²) >= 11 is 9.32. The summed E-state index contributed by atoms with van der Waals surface area (Å²) < 4.78 is 0.986. The topological polar surface area (TPSA) is 24.9 Å². The predicted molar refractivity (Wildman–Crippen MR) is 75.5 cm³/mol. The number of anilines is 1. The molecular formula is C13H12BrClN2. The highest BCUT2D eigenvalue weighted by Gasteiger charge is 2.00. The van der Waals surface area contributed by atoms with Gasteiger partial charge in [0.1, 0.15) is 0 Å². The molecule has 0 spiro atoms. The first-order valence-electron chi connectivity index (χ1n) is 5.25. The van der Waals surface area contributed by atoms with Crippen molar-refractivity contribution < 1.29 is 0 Å². The maximum absolute atomic E-state index is 5.96. The molecule has 1 heterocycles. The SMILES string of the molecule is Cc1ccc(Cl)cc1NCc1ccc(Br)cn1. The van der Waals surface area contributed by atoms with E-state index >= 15 is 0 Å². The van der Waals surface area contributed by atoms with Crippen LogP contribution in [0.1, 0.15) is 11.3 Å². The molecule has 1 aromatic heterocycles. The highest BCUT2D eigenvalue weighted by atomic mass is 79.9. The van der Waals surface area contributed by atoms with Gasteiger partial charge in [0.2, 0.25) is 0 Å². The van der Waals surface area contributed by atoms with Crippen molar-refractivity contribution in [1.82, 2.24) is 4.98 Å². The molecule has 0 bridgehead atoms. The van der Waals surface area contributed by atoms with E-state index in [0.717, 1.165) is 20.9 Å². The standard InChI is InChI=1S/C13H12BrClN2/c1-9-2-4-11(15)6-13(9)17-8-12-5-3-10(14)7-16-12/h2-7,17H,8H2,1H3.